The first-order valence-corrected chi connectivity index (χ1v) is 9.35. The maximum Gasteiger partial charge on any atom is 0.318 e. The van der Waals surface area contributed by atoms with Crippen molar-refractivity contribution in [3.05, 3.63) is 11.6 Å². The molecule has 0 saturated carbocycles. The lowest BCUT2D eigenvalue weighted by atomic mass is 10.0. The number of nitrogens with zero attached hydrogens (tertiary/aromatic N) is 4. The maximum absolute atomic E-state index is 12.9. The molecular weight excluding hydrogens is 306 g/mol. The SMILES string of the molecule is C[C@@H]1OCC[C@@H]1NC(=O)N1CCCC[C@H]1c1nnc2n1CCCC2. The molecule has 0 spiro atoms. The van der Waals surface area contributed by atoms with Crippen molar-refractivity contribution in [2.75, 3.05) is 13.2 Å². The molecule has 0 bridgehead atoms. The summed E-state index contributed by atoms with van der Waals surface area (Å²) in [6, 6.07) is 0.193. The fraction of sp³-hybridized carbons (Fsp3) is 0.824. The van der Waals surface area contributed by atoms with Crippen molar-refractivity contribution in [1.29, 1.82) is 0 Å². The van der Waals surface area contributed by atoms with Gasteiger partial charge in [0.15, 0.2) is 5.82 Å². The van der Waals surface area contributed by atoms with Crippen LogP contribution in [0.2, 0.25) is 0 Å². The van der Waals surface area contributed by atoms with E-state index in [9.17, 15) is 4.79 Å². The van der Waals surface area contributed by atoms with Gasteiger partial charge in [-0.15, -0.1) is 10.2 Å². The molecule has 0 unspecified atom stereocenters. The molecule has 3 atom stereocenters. The van der Waals surface area contributed by atoms with Crippen molar-refractivity contribution in [1.82, 2.24) is 25.0 Å². The van der Waals surface area contributed by atoms with Crippen LogP contribution in [-0.4, -0.2) is 51.0 Å². The highest BCUT2D eigenvalue weighted by atomic mass is 16.5. The van der Waals surface area contributed by atoms with Crippen molar-refractivity contribution < 1.29 is 9.53 Å². The quantitative estimate of drug-likeness (QED) is 0.899. The average molecular weight is 333 g/mol. The van der Waals surface area contributed by atoms with Gasteiger partial charge >= 0.3 is 6.03 Å². The summed E-state index contributed by atoms with van der Waals surface area (Å²) in [4.78, 5) is 14.8. The molecule has 24 heavy (non-hydrogen) atoms. The first kappa shape index (κ1) is 15.9. The number of amides is 2. The first-order chi connectivity index (χ1) is 11.7. The van der Waals surface area contributed by atoms with Crippen molar-refractivity contribution in [2.45, 2.75) is 76.6 Å². The zero-order valence-corrected chi connectivity index (χ0v) is 14.4. The lowest BCUT2D eigenvalue weighted by Crippen LogP contribution is -2.50. The summed E-state index contributed by atoms with van der Waals surface area (Å²) in [5, 5.41) is 12.0. The van der Waals surface area contributed by atoms with Gasteiger partial charge in [0.2, 0.25) is 0 Å². The van der Waals surface area contributed by atoms with E-state index in [0.29, 0.717) is 0 Å². The van der Waals surface area contributed by atoms with Gasteiger partial charge in [-0.25, -0.2) is 4.79 Å². The molecule has 7 nitrogen and oxygen atoms in total. The van der Waals surface area contributed by atoms with Gasteiger partial charge < -0.3 is 19.5 Å². The minimum atomic E-state index is 0.0233. The Balaban J connectivity index is 1.52. The molecule has 2 amide bonds. The predicted molar refractivity (Wildman–Crippen MR) is 88.6 cm³/mol. The number of ether oxygens (including phenoxy) is 1. The van der Waals surface area contributed by atoms with E-state index in [-0.39, 0.29) is 24.2 Å². The number of piperidine rings is 1. The second-order valence-corrected chi connectivity index (χ2v) is 7.21. The van der Waals surface area contributed by atoms with Gasteiger partial charge in [0.1, 0.15) is 5.82 Å². The van der Waals surface area contributed by atoms with Gasteiger partial charge in [-0.2, -0.15) is 0 Å². The number of hydrogen-bond donors (Lipinski definition) is 1. The van der Waals surface area contributed by atoms with Gasteiger partial charge in [-0.05, 0) is 45.4 Å². The third-order valence-electron chi connectivity index (χ3n) is 5.63. The second kappa shape index (κ2) is 6.70. The van der Waals surface area contributed by atoms with E-state index in [1.165, 1.54) is 12.8 Å². The van der Waals surface area contributed by atoms with E-state index < -0.39 is 0 Å². The van der Waals surface area contributed by atoms with E-state index in [4.69, 9.17) is 4.74 Å². The van der Waals surface area contributed by atoms with E-state index in [2.05, 4.69) is 20.1 Å². The van der Waals surface area contributed by atoms with Gasteiger partial charge in [0.25, 0.3) is 0 Å². The highest BCUT2D eigenvalue weighted by Gasteiger charge is 2.35. The predicted octanol–water partition coefficient (Wildman–Crippen LogP) is 2.03. The molecule has 7 heteroatoms. The van der Waals surface area contributed by atoms with Gasteiger partial charge in [0.05, 0.1) is 18.2 Å². The van der Waals surface area contributed by atoms with Crippen molar-refractivity contribution in [2.24, 2.45) is 0 Å². The molecule has 3 aliphatic heterocycles. The van der Waals surface area contributed by atoms with Crippen molar-refractivity contribution in [3.63, 3.8) is 0 Å². The third kappa shape index (κ3) is 2.90. The zero-order valence-electron chi connectivity index (χ0n) is 14.4. The molecule has 1 aromatic rings. The van der Waals surface area contributed by atoms with Crippen molar-refractivity contribution in [3.8, 4) is 0 Å². The van der Waals surface area contributed by atoms with Gasteiger partial charge in [0, 0.05) is 26.1 Å². The Labute approximate surface area is 142 Å². The van der Waals surface area contributed by atoms with Crippen LogP contribution in [0.1, 0.15) is 63.1 Å². The maximum atomic E-state index is 12.9. The average Bonchev–Trinajstić information content (AvgIpc) is 3.21. The number of nitrogens with one attached hydrogen (secondary N) is 1. The Morgan fingerprint density at radius 1 is 1.17 bits per heavy atom. The van der Waals surface area contributed by atoms with Crippen LogP contribution in [-0.2, 0) is 17.7 Å². The molecule has 0 aliphatic carbocycles. The zero-order chi connectivity index (χ0) is 16.5. The topological polar surface area (TPSA) is 72.3 Å². The monoisotopic (exact) mass is 333 g/mol. The lowest BCUT2D eigenvalue weighted by molar-refractivity contribution is 0.106. The molecule has 1 N–H and O–H groups in total. The van der Waals surface area contributed by atoms with Gasteiger partial charge in [-0.1, -0.05) is 0 Å². The van der Waals surface area contributed by atoms with E-state index in [1.807, 2.05) is 11.8 Å². The number of carbonyl (C=O) groups is 1. The van der Waals surface area contributed by atoms with Crippen molar-refractivity contribution >= 4 is 6.03 Å². The molecule has 4 rings (SSSR count). The smallest absolute Gasteiger partial charge is 0.318 e. The lowest BCUT2D eigenvalue weighted by Gasteiger charge is -2.36. The highest BCUT2D eigenvalue weighted by molar-refractivity contribution is 5.75. The molecule has 132 valence electrons. The number of aromatic nitrogens is 3. The third-order valence-corrected chi connectivity index (χ3v) is 5.63. The fourth-order valence-electron chi connectivity index (χ4n) is 4.18. The first-order valence-electron chi connectivity index (χ1n) is 9.35. The number of carbonyl (C=O) groups excluding carboxylic acids is 1. The molecule has 3 aliphatic rings. The molecule has 0 radical (unpaired) electrons. The normalized spacial score (nSPS) is 30.2. The largest absolute Gasteiger partial charge is 0.376 e. The summed E-state index contributed by atoms with van der Waals surface area (Å²) in [5.74, 6) is 2.07. The summed E-state index contributed by atoms with van der Waals surface area (Å²) < 4.78 is 7.82. The number of urea groups is 1. The van der Waals surface area contributed by atoms with Crippen LogP contribution in [0.25, 0.3) is 0 Å². The summed E-state index contributed by atoms with van der Waals surface area (Å²) in [5.41, 5.74) is 0. The minimum absolute atomic E-state index is 0.0233. The number of aryl methyl sites for hydroxylation is 1. The van der Waals surface area contributed by atoms with Gasteiger partial charge in [-0.3, -0.25) is 0 Å². The van der Waals surface area contributed by atoms with Crippen LogP contribution in [0.3, 0.4) is 0 Å². The van der Waals surface area contributed by atoms with E-state index in [1.54, 1.807) is 0 Å². The Morgan fingerprint density at radius 2 is 2.04 bits per heavy atom. The second-order valence-electron chi connectivity index (χ2n) is 7.21. The molecule has 0 aromatic carbocycles. The highest BCUT2D eigenvalue weighted by Crippen LogP contribution is 2.31. The number of fused-ring (bicyclic) bond motifs is 1. The summed E-state index contributed by atoms with van der Waals surface area (Å²) in [6.07, 6.45) is 7.52. The molecule has 2 fully saturated rings. The number of likely N-dealkylation sites (tertiary alicyclic amines) is 1. The van der Waals surface area contributed by atoms with Crippen LogP contribution < -0.4 is 5.32 Å². The van der Waals surface area contributed by atoms with E-state index in [0.717, 1.165) is 63.4 Å². The molecule has 2 saturated heterocycles. The Hall–Kier alpha value is -1.63. The summed E-state index contributed by atoms with van der Waals surface area (Å²) >= 11 is 0. The van der Waals surface area contributed by atoms with Crippen LogP contribution in [0, 0.1) is 0 Å². The fourth-order valence-corrected chi connectivity index (χ4v) is 4.18. The van der Waals surface area contributed by atoms with Crippen LogP contribution >= 0.6 is 0 Å². The number of hydrogen-bond acceptors (Lipinski definition) is 4. The number of rotatable bonds is 2. The Kier molecular flexibility index (Phi) is 4.43. The molecule has 4 heterocycles. The minimum Gasteiger partial charge on any atom is -0.376 e. The van der Waals surface area contributed by atoms with E-state index >= 15 is 0 Å². The summed E-state index contributed by atoms with van der Waals surface area (Å²) in [7, 11) is 0. The molecular formula is C17H27N5O2. The van der Waals surface area contributed by atoms with Crippen LogP contribution in [0.5, 0.6) is 0 Å². The molecule has 1 aromatic heterocycles. The Bertz CT molecular complexity index is 602. The van der Waals surface area contributed by atoms with Crippen LogP contribution in [0.15, 0.2) is 0 Å². The van der Waals surface area contributed by atoms with Crippen LogP contribution in [0.4, 0.5) is 4.79 Å². The standard InChI is InChI=1S/C17H27N5O2/c1-12-13(8-11-24-12)18-17(23)21-9-4-2-6-14(21)16-20-19-15-7-3-5-10-22(15)16/h12-14H,2-11H2,1H3,(H,18,23)/t12-,13-,14-/m0/s1. The summed E-state index contributed by atoms with van der Waals surface area (Å²) in [6.45, 7) is 4.53. The Morgan fingerprint density at radius 3 is 2.88 bits per heavy atom.